The Labute approximate surface area is 103 Å². The monoisotopic (exact) mass is 241 g/mol. The molecule has 92 valence electrons. The standard InChI is InChI=1S/C13H23NOS/c1-3-16-12-5-4-11(8-12)14-7-6-13(15)10(2)9-14/h10-12H,3-9H2,1-2H3. The van der Waals surface area contributed by atoms with Crippen LogP contribution in [0, 0.1) is 5.92 Å². The van der Waals surface area contributed by atoms with Gasteiger partial charge < -0.3 is 0 Å². The Morgan fingerprint density at radius 3 is 2.94 bits per heavy atom. The number of likely N-dealkylation sites (tertiary alicyclic amines) is 1. The van der Waals surface area contributed by atoms with Crippen LogP contribution in [-0.4, -0.2) is 40.8 Å². The zero-order chi connectivity index (χ0) is 11.5. The van der Waals surface area contributed by atoms with E-state index in [0.717, 1.165) is 30.8 Å². The molecule has 2 rings (SSSR count). The first-order valence-corrected chi connectivity index (χ1v) is 7.64. The van der Waals surface area contributed by atoms with Gasteiger partial charge in [-0.05, 0) is 25.0 Å². The summed E-state index contributed by atoms with van der Waals surface area (Å²) < 4.78 is 0. The summed E-state index contributed by atoms with van der Waals surface area (Å²) in [5.74, 6) is 1.98. The molecule has 0 N–H and O–H groups in total. The quantitative estimate of drug-likeness (QED) is 0.757. The minimum absolute atomic E-state index is 0.270. The van der Waals surface area contributed by atoms with Crippen molar-refractivity contribution in [3.05, 3.63) is 0 Å². The van der Waals surface area contributed by atoms with Crippen LogP contribution in [0.1, 0.15) is 39.5 Å². The van der Waals surface area contributed by atoms with Crippen LogP contribution < -0.4 is 0 Å². The SMILES string of the molecule is CCSC1CCC(N2CCC(=O)C(C)C2)C1. The Bertz CT molecular complexity index is 256. The van der Waals surface area contributed by atoms with Crippen LogP contribution >= 0.6 is 11.8 Å². The predicted octanol–water partition coefficient (Wildman–Crippen LogP) is 2.57. The maximum absolute atomic E-state index is 11.5. The van der Waals surface area contributed by atoms with Gasteiger partial charge in [-0.1, -0.05) is 13.8 Å². The third-order valence-electron chi connectivity index (χ3n) is 3.98. The molecule has 0 radical (unpaired) electrons. The van der Waals surface area contributed by atoms with Crippen molar-refractivity contribution in [3.8, 4) is 0 Å². The normalized spacial score (nSPS) is 36.9. The number of nitrogens with zero attached hydrogens (tertiary/aromatic N) is 1. The third-order valence-corrected chi connectivity index (χ3v) is 5.21. The van der Waals surface area contributed by atoms with Crippen molar-refractivity contribution in [2.75, 3.05) is 18.8 Å². The Hall–Kier alpha value is -0.0200. The molecule has 1 aliphatic carbocycles. The number of carbonyl (C=O) groups is 1. The molecule has 1 aliphatic heterocycles. The van der Waals surface area contributed by atoms with Gasteiger partial charge in [0.25, 0.3) is 0 Å². The summed E-state index contributed by atoms with van der Waals surface area (Å²) in [6.45, 7) is 6.35. The van der Waals surface area contributed by atoms with E-state index in [2.05, 4.69) is 30.5 Å². The first-order chi connectivity index (χ1) is 7.70. The smallest absolute Gasteiger partial charge is 0.138 e. The lowest BCUT2D eigenvalue weighted by atomic mass is 9.97. The second-order valence-electron chi connectivity index (χ2n) is 5.16. The van der Waals surface area contributed by atoms with Crippen LogP contribution in [0.25, 0.3) is 0 Å². The van der Waals surface area contributed by atoms with Gasteiger partial charge in [0.2, 0.25) is 0 Å². The number of ketones is 1. The summed E-state index contributed by atoms with van der Waals surface area (Å²) in [6, 6.07) is 0.764. The number of carbonyl (C=O) groups excluding carboxylic acids is 1. The number of piperidine rings is 1. The van der Waals surface area contributed by atoms with E-state index in [1.54, 1.807) is 0 Å². The summed E-state index contributed by atoms with van der Waals surface area (Å²) in [4.78, 5) is 14.1. The first-order valence-electron chi connectivity index (χ1n) is 6.59. The van der Waals surface area contributed by atoms with Crippen LogP contribution in [0.4, 0.5) is 0 Å². The maximum atomic E-state index is 11.5. The minimum atomic E-state index is 0.270. The average Bonchev–Trinajstić information content (AvgIpc) is 2.71. The molecule has 3 heteroatoms. The molecular weight excluding hydrogens is 218 g/mol. The summed E-state index contributed by atoms with van der Waals surface area (Å²) in [7, 11) is 0. The minimum Gasteiger partial charge on any atom is -0.299 e. The molecule has 3 unspecified atom stereocenters. The highest BCUT2D eigenvalue weighted by atomic mass is 32.2. The highest BCUT2D eigenvalue weighted by Crippen LogP contribution is 2.33. The zero-order valence-electron chi connectivity index (χ0n) is 10.4. The van der Waals surface area contributed by atoms with Gasteiger partial charge in [-0.3, -0.25) is 9.69 Å². The van der Waals surface area contributed by atoms with E-state index in [0.29, 0.717) is 5.78 Å². The number of hydrogen-bond acceptors (Lipinski definition) is 3. The highest BCUT2D eigenvalue weighted by Gasteiger charge is 2.33. The molecule has 0 aromatic carbocycles. The fourth-order valence-corrected chi connectivity index (χ4v) is 4.15. The van der Waals surface area contributed by atoms with Crippen molar-refractivity contribution in [2.45, 2.75) is 50.8 Å². The summed E-state index contributed by atoms with van der Waals surface area (Å²) in [6.07, 6.45) is 4.85. The molecule has 0 spiro atoms. The van der Waals surface area contributed by atoms with E-state index in [4.69, 9.17) is 0 Å². The van der Waals surface area contributed by atoms with Crippen LogP contribution in [0.3, 0.4) is 0 Å². The van der Waals surface area contributed by atoms with Gasteiger partial charge in [-0.2, -0.15) is 11.8 Å². The molecule has 0 aromatic rings. The Balaban J connectivity index is 1.83. The molecule has 1 heterocycles. The number of Topliss-reactive ketones (excluding diaryl/α,β-unsaturated/α-hetero) is 1. The van der Waals surface area contributed by atoms with Crippen LogP contribution in [0.5, 0.6) is 0 Å². The van der Waals surface area contributed by atoms with Gasteiger partial charge in [-0.25, -0.2) is 0 Å². The van der Waals surface area contributed by atoms with Crippen molar-refractivity contribution >= 4 is 17.5 Å². The van der Waals surface area contributed by atoms with Gasteiger partial charge >= 0.3 is 0 Å². The molecule has 2 aliphatic rings. The van der Waals surface area contributed by atoms with Crippen LogP contribution in [0.2, 0.25) is 0 Å². The fourth-order valence-electron chi connectivity index (χ4n) is 3.01. The summed E-state index contributed by atoms with van der Waals surface area (Å²) in [5, 5.41) is 0.878. The molecule has 16 heavy (non-hydrogen) atoms. The second-order valence-corrected chi connectivity index (χ2v) is 6.73. The Morgan fingerprint density at radius 1 is 1.44 bits per heavy atom. The van der Waals surface area contributed by atoms with Crippen molar-refractivity contribution in [1.82, 2.24) is 4.90 Å². The highest BCUT2D eigenvalue weighted by molar-refractivity contribution is 7.99. The number of thioether (sulfide) groups is 1. The molecule has 1 saturated carbocycles. The number of rotatable bonds is 3. The van der Waals surface area contributed by atoms with E-state index in [-0.39, 0.29) is 5.92 Å². The average molecular weight is 241 g/mol. The molecule has 2 fully saturated rings. The van der Waals surface area contributed by atoms with E-state index in [1.807, 2.05) is 0 Å². The predicted molar refractivity (Wildman–Crippen MR) is 69.9 cm³/mol. The molecule has 1 saturated heterocycles. The largest absolute Gasteiger partial charge is 0.299 e. The van der Waals surface area contributed by atoms with Crippen LogP contribution in [-0.2, 0) is 4.79 Å². The van der Waals surface area contributed by atoms with Gasteiger partial charge in [0.05, 0.1) is 0 Å². The molecule has 0 bridgehead atoms. The van der Waals surface area contributed by atoms with Crippen molar-refractivity contribution in [1.29, 1.82) is 0 Å². The van der Waals surface area contributed by atoms with Gasteiger partial charge in [0.1, 0.15) is 5.78 Å². The van der Waals surface area contributed by atoms with Crippen molar-refractivity contribution in [3.63, 3.8) is 0 Å². The lowest BCUT2D eigenvalue weighted by Crippen LogP contribution is -2.44. The van der Waals surface area contributed by atoms with Crippen LogP contribution in [0.15, 0.2) is 0 Å². The molecule has 2 nitrogen and oxygen atoms in total. The second kappa shape index (κ2) is 5.54. The number of hydrogen-bond donors (Lipinski definition) is 0. The molecular formula is C13H23NOS. The molecule has 0 aromatic heterocycles. The Morgan fingerprint density at radius 2 is 2.25 bits per heavy atom. The van der Waals surface area contributed by atoms with E-state index < -0.39 is 0 Å². The van der Waals surface area contributed by atoms with Gasteiger partial charge in [-0.15, -0.1) is 0 Å². The first kappa shape index (κ1) is 12.4. The van der Waals surface area contributed by atoms with E-state index in [9.17, 15) is 4.79 Å². The van der Waals surface area contributed by atoms with E-state index >= 15 is 0 Å². The summed E-state index contributed by atoms with van der Waals surface area (Å²) >= 11 is 2.11. The lowest BCUT2D eigenvalue weighted by Gasteiger charge is -2.34. The lowest BCUT2D eigenvalue weighted by molar-refractivity contribution is -0.126. The van der Waals surface area contributed by atoms with E-state index in [1.165, 1.54) is 25.0 Å². The summed E-state index contributed by atoms with van der Waals surface area (Å²) in [5.41, 5.74) is 0. The molecule has 3 atom stereocenters. The third kappa shape index (κ3) is 2.80. The zero-order valence-corrected chi connectivity index (χ0v) is 11.3. The Kier molecular flexibility index (Phi) is 4.31. The topological polar surface area (TPSA) is 20.3 Å². The fraction of sp³-hybridized carbons (Fsp3) is 0.923. The molecule has 0 amide bonds. The van der Waals surface area contributed by atoms with Crippen molar-refractivity contribution in [2.24, 2.45) is 5.92 Å². The van der Waals surface area contributed by atoms with Gasteiger partial charge in [0.15, 0.2) is 0 Å². The van der Waals surface area contributed by atoms with Gasteiger partial charge in [0, 0.05) is 36.7 Å². The van der Waals surface area contributed by atoms with Crippen molar-refractivity contribution < 1.29 is 4.79 Å². The maximum Gasteiger partial charge on any atom is 0.138 e.